The lowest BCUT2D eigenvalue weighted by molar-refractivity contribution is 0.102. The van der Waals surface area contributed by atoms with Gasteiger partial charge < -0.3 is 10.6 Å². The summed E-state index contributed by atoms with van der Waals surface area (Å²) in [5, 5.41) is 6.85. The van der Waals surface area contributed by atoms with Crippen molar-refractivity contribution in [2.75, 3.05) is 10.6 Å². The van der Waals surface area contributed by atoms with Gasteiger partial charge >= 0.3 is 0 Å². The van der Waals surface area contributed by atoms with Gasteiger partial charge in [-0.05, 0) is 55.3 Å². The van der Waals surface area contributed by atoms with E-state index in [1.54, 1.807) is 24.3 Å². The first kappa shape index (κ1) is 18.2. The normalized spacial score (nSPS) is 10.5. The third-order valence-electron chi connectivity index (χ3n) is 3.70. The summed E-state index contributed by atoms with van der Waals surface area (Å²) in [5.41, 5.74) is 3.59. The largest absolute Gasteiger partial charge is 0.323 e. The fourth-order valence-electron chi connectivity index (χ4n) is 2.32. The van der Waals surface area contributed by atoms with Crippen LogP contribution in [0.15, 0.2) is 48.7 Å². The predicted octanol–water partition coefficient (Wildman–Crippen LogP) is 5.40. The summed E-state index contributed by atoms with van der Waals surface area (Å²) in [5.74, 6) is -0.0656. The van der Waals surface area contributed by atoms with Crippen molar-refractivity contribution in [1.82, 2.24) is 9.97 Å². The molecule has 2 aromatic carbocycles. The van der Waals surface area contributed by atoms with E-state index in [9.17, 15) is 4.79 Å². The van der Waals surface area contributed by atoms with Crippen LogP contribution in [0.4, 0.5) is 17.3 Å². The van der Waals surface area contributed by atoms with Crippen LogP contribution in [0.25, 0.3) is 0 Å². The zero-order chi connectivity index (χ0) is 18.7. The van der Waals surface area contributed by atoms with Crippen LogP contribution >= 0.6 is 23.2 Å². The molecule has 0 unspecified atom stereocenters. The van der Waals surface area contributed by atoms with Crippen molar-refractivity contribution >= 4 is 46.4 Å². The molecule has 5 nitrogen and oxygen atoms in total. The van der Waals surface area contributed by atoms with Crippen molar-refractivity contribution in [3.05, 3.63) is 75.5 Å². The fraction of sp³-hybridized carbons (Fsp3) is 0.105. The lowest BCUT2D eigenvalue weighted by Gasteiger charge is -2.10. The molecule has 0 atom stereocenters. The molecule has 0 aliphatic rings. The van der Waals surface area contributed by atoms with Crippen LogP contribution in [0.3, 0.4) is 0 Å². The van der Waals surface area contributed by atoms with E-state index < -0.39 is 0 Å². The minimum atomic E-state index is -0.318. The van der Waals surface area contributed by atoms with Crippen molar-refractivity contribution in [2.45, 2.75) is 13.8 Å². The summed E-state index contributed by atoms with van der Waals surface area (Å²) in [4.78, 5) is 20.9. The number of amides is 1. The second-order valence-corrected chi connectivity index (χ2v) is 6.63. The van der Waals surface area contributed by atoms with Gasteiger partial charge in [-0.2, -0.15) is 0 Å². The number of anilines is 3. The molecular weight excluding hydrogens is 371 g/mol. The first-order valence-corrected chi connectivity index (χ1v) is 8.62. The average molecular weight is 387 g/mol. The first-order chi connectivity index (χ1) is 12.4. The average Bonchev–Trinajstić information content (AvgIpc) is 2.61. The first-order valence-electron chi connectivity index (χ1n) is 7.86. The van der Waals surface area contributed by atoms with Crippen LogP contribution in [-0.4, -0.2) is 15.9 Å². The van der Waals surface area contributed by atoms with Gasteiger partial charge in [-0.3, -0.25) is 4.79 Å². The van der Waals surface area contributed by atoms with Crippen molar-refractivity contribution in [2.24, 2.45) is 0 Å². The Morgan fingerprint density at radius 3 is 2.62 bits per heavy atom. The highest BCUT2D eigenvalue weighted by molar-refractivity contribution is 6.35. The third-order valence-corrected chi connectivity index (χ3v) is 4.27. The summed E-state index contributed by atoms with van der Waals surface area (Å²) >= 11 is 12.1. The number of hydrogen-bond donors (Lipinski definition) is 2. The molecule has 0 spiro atoms. The Labute approximate surface area is 161 Å². The van der Waals surface area contributed by atoms with Gasteiger partial charge in [-0.25, -0.2) is 9.97 Å². The Balaban J connectivity index is 1.81. The van der Waals surface area contributed by atoms with Gasteiger partial charge in [0.2, 0.25) is 5.95 Å². The zero-order valence-corrected chi connectivity index (χ0v) is 15.7. The number of benzene rings is 2. The van der Waals surface area contributed by atoms with E-state index in [1.807, 2.05) is 32.0 Å². The Morgan fingerprint density at radius 1 is 1.00 bits per heavy atom. The Bertz CT molecular complexity index is 976. The fourth-order valence-corrected chi connectivity index (χ4v) is 2.65. The van der Waals surface area contributed by atoms with Crippen LogP contribution in [-0.2, 0) is 0 Å². The molecule has 3 rings (SSSR count). The second kappa shape index (κ2) is 7.72. The number of rotatable bonds is 4. The monoisotopic (exact) mass is 386 g/mol. The molecule has 0 radical (unpaired) electrons. The minimum Gasteiger partial charge on any atom is -0.323 e. The van der Waals surface area contributed by atoms with E-state index in [1.165, 1.54) is 6.20 Å². The number of carbonyl (C=O) groups is 1. The van der Waals surface area contributed by atoms with Gasteiger partial charge in [0.15, 0.2) is 0 Å². The van der Waals surface area contributed by atoms with Gasteiger partial charge in [0.05, 0.1) is 10.7 Å². The highest BCUT2D eigenvalue weighted by atomic mass is 35.5. The maximum absolute atomic E-state index is 12.5. The van der Waals surface area contributed by atoms with Gasteiger partial charge in [0.25, 0.3) is 5.91 Å². The minimum absolute atomic E-state index is 0.238. The molecular formula is C19H16Cl2N4O. The smallest absolute Gasteiger partial charge is 0.274 e. The number of carbonyl (C=O) groups excluding carboxylic acids is 1. The molecule has 26 heavy (non-hydrogen) atoms. The molecule has 1 aromatic heterocycles. The Hall–Kier alpha value is -2.63. The maximum Gasteiger partial charge on any atom is 0.274 e. The van der Waals surface area contributed by atoms with E-state index in [2.05, 4.69) is 20.6 Å². The number of nitrogens with zero attached hydrogens (tertiary/aromatic N) is 2. The van der Waals surface area contributed by atoms with Crippen LogP contribution in [0.5, 0.6) is 0 Å². The second-order valence-electron chi connectivity index (χ2n) is 5.79. The van der Waals surface area contributed by atoms with Crippen LogP contribution in [0.2, 0.25) is 10.0 Å². The molecule has 0 saturated heterocycles. The summed E-state index contributed by atoms with van der Waals surface area (Å²) < 4.78 is 0. The van der Waals surface area contributed by atoms with Gasteiger partial charge in [0, 0.05) is 16.9 Å². The lowest BCUT2D eigenvalue weighted by Crippen LogP contribution is -2.15. The SMILES string of the molecule is Cc1ccc(C)c(NC(=O)c2ccnc(Nc3cc(Cl)ccc3Cl)n2)c1. The van der Waals surface area contributed by atoms with E-state index in [0.717, 1.165) is 16.8 Å². The summed E-state index contributed by atoms with van der Waals surface area (Å²) in [6.45, 7) is 3.90. The molecule has 0 aliphatic carbocycles. The molecule has 0 fully saturated rings. The summed E-state index contributed by atoms with van der Waals surface area (Å²) in [6, 6.07) is 12.4. The number of aryl methyl sites for hydroxylation is 2. The van der Waals surface area contributed by atoms with Crippen molar-refractivity contribution < 1.29 is 4.79 Å². The summed E-state index contributed by atoms with van der Waals surface area (Å²) in [6.07, 6.45) is 1.51. The number of hydrogen-bond acceptors (Lipinski definition) is 4. The van der Waals surface area contributed by atoms with Crippen molar-refractivity contribution in [3.8, 4) is 0 Å². The molecule has 0 saturated carbocycles. The lowest BCUT2D eigenvalue weighted by atomic mass is 10.1. The van der Waals surface area contributed by atoms with E-state index >= 15 is 0 Å². The van der Waals surface area contributed by atoms with E-state index in [0.29, 0.717) is 15.7 Å². The molecule has 132 valence electrons. The molecule has 0 aliphatic heterocycles. The quantitative estimate of drug-likeness (QED) is 0.629. The standard InChI is InChI=1S/C19H16Cl2N4O/c1-11-3-4-12(2)16(9-11)23-18(26)15-7-8-22-19(24-15)25-17-10-13(20)5-6-14(17)21/h3-10H,1-2H3,(H,23,26)(H,22,24,25). The van der Waals surface area contributed by atoms with Crippen LogP contribution in [0.1, 0.15) is 21.6 Å². The van der Waals surface area contributed by atoms with Crippen LogP contribution < -0.4 is 10.6 Å². The molecule has 1 amide bonds. The Morgan fingerprint density at radius 2 is 1.81 bits per heavy atom. The van der Waals surface area contributed by atoms with Crippen molar-refractivity contribution in [3.63, 3.8) is 0 Å². The molecule has 7 heteroatoms. The predicted molar refractivity (Wildman–Crippen MR) is 106 cm³/mol. The third kappa shape index (κ3) is 4.31. The topological polar surface area (TPSA) is 66.9 Å². The Kier molecular flexibility index (Phi) is 5.40. The van der Waals surface area contributed by atoms with Crippen LogP contribution in [0, 0.1) is 13.8 Å². The number of halogens is 2. The molecule has 1 heterocycles. The maximum atomic E-state index is 12.5. The summed E-state index contributed by atoms with van der Waals surface area (Å²) in [7, 11) is 0. The van der Waals surface area contributed by atoms with Gasteiger partial charge in [0.1, 0.15) is 5.69 Å². The van der Waals surface area contributed by atoms with E-state index in [-0.39, 0.29) is 17.5 Å². The number of nitrogens with one attached hydrogen (secondary N) is 2. The molecule has 2 N–H and O–H groups in total. The van der Waals surface area contributed by atoms with Crippen molar-refractivity contribution in [1.29, 1.82) is 0 Å². The zero-order valence-electron chi connectivity index (χ0n) is 14.2. The highest BCUT2D eigenvalue weighted by Crippen LogP contribution is 2.27. The van der Waals surface area contributed by atoms with E-state index in [4.69, 9.17) is 23.2 Å². The highest BCUT2D eigenvalue weighted by Gasteiger charge is 2.12. The van der Waals surface area contributed by atoms with Gasteiger partial charge in [-0.15, -0.1) is 0 Å². The molecule has 3 aromatic rings. The molecule has 0 bridgehead atoms. The van der Waals surface area contributed by atoms with Gasteiger partial charge in [-0.1, -0.05) is 35.3 Å². The number of aromatic nitrogens is 2.